The Hall–Kier alpha value is -3.83. The van der Waals surface area contributed by atoms with Gasteiger partial charge in [0, 0.05) is 37.6 Å². The number of anilines is 1. The van der Waals surface area contributed by atoms with Gasteiger partial charge in [-0.3, -0.25) is 19.1 Å². The average Bonchev–Trinajstić information content (AvgIpc) is 3.35. The molecule has 1 aliphatic heterocycles. The standard InChI is InChI=1S/C25H27N5O3/c1-17-9-10-22(33-17)25(32)29-13-11-28(12-14-29)16-23(31)27-24-21(15-26)18(2)19(3)30(24)20-7-5-4-6-8-20/h4-10H,11-14,16H2,1-3H3,(H,27,31). The number of aromatic nitrogens is 1. The molecule has 8 nitrogen and oxygen atoms in total. The summed E-state index contributed by atoms with van der Waals surface area (Å²) in [6, 6.07) is 15.4. The number of nitriles is 1. The Labute approximate surface area is 193 Å². The summed E-state index contributed by atoms with van der Waals surface area (Å²) < 4.78 is 7.35. The summed E-state index contributed by atoms with van der Waals surface area (Å²) in [5.74, 6) is 1.22. The van der Waals surface area contributed by atoms with E-state index in [2.05, 4.69) is 11.4 Å². The van der Waals surface area contributed by atoms with Crippen molar-refractivity contribution in [2.75, 3.05) is 38.0 Å². The van der Waals surface area contributed by atoms with Gasteiger partial charge in [-0.15, -0.1) is 0 Å². The van der Waals surface area contributed by atoms with Crippen LogP contribution in [0, 0.1) is 32.1 Å². The lowest BCUT2D eigenvalue weighted by Gasteiger charge is -2.33. The van der Waals surface area contributed by atoms with Gasteiger partial charge >= 0.3 is 0 Å². The molecule has 0 bridgehead atoms. The molecule has 0 spiro atoms. The molecule has 0 saturated carbocycles. The molecule has 1 fully saturated rings. The van der Waals surface area contributed by atoms with Gasteiger partial charge in [-0.1, -0.05) is 18.2 Å². The van der Waals surface area contributed by atoms with Gasteiger partial charge in [0.1, 0.15) is 17.6 Å². The molecule has 4 rings (SSSR count). The van der Waals surface area contributed by atoms with Crippen LogP contribution in [0.5, 0.6) is 0 Å². The normalized spacial score (nSPS) is 14.2. The molecular weight excluding hydrogens is 418 g/mol. The van der Waals surface area contributed by atoms with E-state index in [1.54, 1.807) is 17.0 Å². The van der Waals surface area contributed by atoms with Crippen LogP contribution in [0.25, 0.3) is 5.69 Å². The number of para-hydroxylation sites is 1. The number of hydrogen-bond acceptors (Lipinski definition) is 5. The van der Waals surface area contributed by atoms with Gasteiger partial charge in [-0.25, -0.2) is 0 Å². The second kappa shape index (κ2) is 9.35. The van der Waals surface area contributed by atoms with Crippen molar-refractivity contribution in [3.63, 3.8) is 0 Å². The fraction of sp³-hybridized carbons (Fsp3) is 0.320. The molecule has 2 aromatic heterocycles. The molecule has 3 aromatic rings. The van der Waals surface area contributed by atoms with Crippen molar-refractivity contribution < 1.29 is 14.0 Å². The lowest BCUT2D eigenvalue weighted by Crippen LogP contribution is -2.50. The third kappa shape index (κ3) is 4.54. The Morgan fingerprint density at radius 2 is 1.73 bits per heavy atom. The second-order valence-corrected chi connectivity index (χ2v) is 8.24. The molecule has 0 unspecified atom stereocenters. The van der Waals surface area contributed by atoms with Crippen molar-refractivity contribution in [1.29, 1.82) is 5.26 Å². The van der Waals surface area contributed by atoms with Crippen LogP contribution in [0.4, 0.5) is 5.82 Å². The molecule has 0 aliphatic carbocycles. The average molecular weight is 446 g/mol. The minimum Gasteiger partial charge on any atom is -0.456 e. The number of nitrogens with zero attached hydrogens (tertiary/aromatic N) is 4. The van der Waals surface area contributed by atoms with E-state index in [-0.39, 0.29) is 18.4 Å². The highest BCUT2D eigenvalue weighted by atomic mass is 16.3. The number of furan rings is 1. The molecule has 33 heavy (non-hydrogen) atoms. The third-order valence-corrected chi connectivity index (χ3v) is 6.08. The van der Waals surface area contributed by atoms with Crippen molar-refractivity contribution >= 4 is 17.6 Å². The van der Waals surface area contributed by atoms with Crippen molar-refractivity contribution in [2.24, 2.45) is 0 Å². The summed E-state index contributed by atoms with van der Waals surface area (Å²) in [7, 11) is 0. The number of amides is 2. The minimum absolute atomic E-state index is 0.127. The fourth-order valence-corrected chi connectivity index (χ4v) is 4.15. The van der Waals surface area contributed by atoms with E-state index in [0.29, 0.717) is 49.1 Å². The van der Waals surface area contributed by atoms with E-state index in [9.17, 15) is 14.9 Å². The van der Waals surface area contributed by atoms with Crippen molar-refractivity contribution in [2.45, 2.75) is 20.8 Å². The molecule has 8 heteroatoms. The number of carbonyl (C=O) groups is 2. The SMILES string of the molecule is Cc1ccc(C(=O)N2CCN(CC(=O)Nc3c(C#N)c(C)c(C)n3-c3ccccc3)CC2)o1. The van der Waals surface area contributed by atoms with E-state index in [4.69, 9.17) is 4.42 Å². The van der Waals surface area contributed by atoms with Gasteiger partial charge in [0.25, 0.3) is 5.91 Å². The van der Waals surface area contributed by atoms with Crippen molar-refractivity contribution in [3.05, 3.63) is 70.8 Å². The molecular formula is C25H27N5O3. The van der Waals surface area contributed by atoms with Crippen LogP contribution < -0.4 is 5.32 Å². The van der Waals surface area contributed by atoms with Gasteiger partial charge in [0.15, 0.2) is 5.76 Å². The molecule has 170 valence electrons. The minimum atomic E-state index is -0.192. The Bertz CT molecular complexity index is 1210. The third-order valence-electron chi connectivity index (χ3n) is 6.08. The van der Waals surface area contributed by atoms with Crippen LogP contribution in [0.1, 0.15) is 33.1 Å². The lowest BCUT2D eigenvalue weighted by atomic mass is 10.2. The highest BCUT2D eigenvalue weighted by Gasteiger charge is 2.26. The van der Waals surface area contributed by atoms with Crippen LogP contribution in [0.15, 0.2) is 46.9 Å². The zero-order chi connectivity index (χ0) is 23.5. The van der Waals surface area contributed by atoms with Gasteiger partial charge in [-0.05, 0) is 50.6 Å². The van der Waals surface area contributed by atoms with E-state index in [1.165, 1.54) is 0 Å². The summed E-state index contributed by atoms with van der Waals surface area (Å²) in [6.45, 7) is 8.04. The van der Waals surface area contributed by atoms with Gasteiger partial charge in [0.05, 0.1) is 12.1 Å². The van der Waals surface area contributed by atoms with E-state index in [1.807, 2.05) is 60.6 Å². The smallest absolute Gasteiger partial charge is 0.289 e. The number of rotatable bonds is 5. The zero-order valence-corrected chi connectivity index (χ0v) is 19.1. The van der Waals surface area contributed by atoms with Crippen LogP contribution in [-0.2, 0) is 4.79 Å². The number of benzene rings is 1. The fourth-order valence-electron chi connectivity index (χ4n) is 4.15. The maximum Gasteiger partial charge on any atom is 0.289 e. The lowest BCUT2D eigenvalue weighted by molar-refractivity contribution is -0.117. The maximum absolute atomic E-state index is 12.9. The molecule has 1 aliphatic rings. The number of carbonyl (C=O) groups excluding carboxylic acids is 2. The summed E-state index contributed by atoms with van der Waals surface area (Å²) in [5, 5.41) is 12.7. The Balaban J connectivity index is 1.42. The first-order valence-corrected chi connectivity index (χ1v) is 10.9. The number of nitrogens with one attached hydrogen (secondary N) is 1. The summed E-state index contributed by atoms with van der Waals surface area (Å²) >= 11 is 0. The highest BCUT2D eigenvalue weighted by Crippen LogP contribution is 2.29. The van der Waals surface area contributed by atoms with Gasteiger partial charge < -0.3 is 14.6 Å². The van der Waals surface area contributed by atoms with Crippen molar-refractivity contribution in [3.8, 4) is 11.8 Å². The number of aryl methyl sites for hydroxylation is 1. The summed E-state index contributed by atoms with van der Waals surface area (Å²) in [4.78, 5) is 29.2. The Kier molecular flexibility index (Phi) is 6.33. The predicted octanol–water partition coefficient (Wildman–Crippen LogP) is 3.26. The molecule has 2 amide bonds. The van der Waals surface area contributed by atoms with Crippen LogP contribution in [0.2, 0.25) is 0 Å². The molecule has 0 radical (unpaired) electrons. The quantitative estimate of drug-likeness (QED) is 0.651. The summed E-state index contributed by atoms with van der Waals surface area (Å²) in [6.07, 6.45) is 0. The van der Waals surface area contributed by atoms with Crippen LogP contribution in [0.3, 0.4) is 0 Å². The molecule has 1 aromatic carbocycles. The first-order valence-electron chi connectivity index (χ1n) is 10.9. The van der Waals surface area contributed by atoms with Gasteiger partial charge in [0.2, 0.25) is 5.91 Å². The van der Waals surface area contributed by atoms with E-state index < -0.39 is 0 Å². The first-order chi connectivity index (χ1) is 15.9. The molecule has 0 atom stereocenters. The van der Waals surface area contributed by atoms with Crippen LogP contribution in [-0.4, -0.2) is 58.9 Å². The highest BCUT2D eigenvalue weighted by molar-refractivity contribution is 5.94. The number of hydrogen-bond donors (Lipinski definition) is 1. The predicted molar refractivity (Wildman–Crippen MR) is 124 cm³/mol. The van der Waals surface area contributed by atoms with Gasteiger partial charge in [-0.2, -0.15) is 5.26 Å². The molecule has 1 N–H and O–H groups in total. The number of piperazine rings is 1. The largest absolute Gasteiger partial charge is 0.456 e. The first kappa shape index (κ1) is 22.4. The molecule has 1 saturated heterocycles. The molecule has 3 heterocycles. The summed E-state index contributed by atoms with van der Waals surface area (Å²) in [5.41, 5.74) is 3.11. The van der Waals surface area contributed by atoms with E-state index >= 15 is 0 Å². The second-order valence-electron chi connectivity index (χ2n) is 8.24. The Morgan fingerprint density at radius 3 is 2.33 bits per heavy atom. The van der Waals surface area contributed by atoms with E-state index in [0.717, 1.165) is 16.9 Å². The Morgan fingerprint density at radius 1 is 1.03 bits per heavy atom. The van der Waals surface area contributed by atoms with Crippen LogP contribution >= 0.6 is 0 Å². The van der Waals surface area contributed by atoms with Crippen molar-refractivity contribution in [1.82, 2.24) is 14.4 Å². The zero-order valence-electron chi connectivity index (χ0n) is 19.1. The topological polar surface area (TPSA) is 94.5 Å². The maximum atomic E-state index is 12.9. The monoisotopic (exact) mass is 445 g/mol.